The SMILES string of the molecule is CCOC(=O)CC(C[N+](=O)[O-])c1c(OC)ccc(Br)c1Br. The first-order valence-electron chi connectivity index (χ1n) is 6.20. The van der Waals surface area contributed by atoms with E-state index in [0.717, 1.165) is 4.47 Å². The van der Waals surface area contributed by atoms with Crippen molar-refractivity contribution in [3.05, 3.63) is 36.8 Å². The summed E-state index contributed by atoms with van der Waals surface area (Å²) < 4.78 is 11.5. The van der Waals surface area contributed by atoms with Gasteiger partial charge in [0, 0.05) is 19.4 Å². The van der Waals surface area contributed by atoms with E-state index in [-0.39, 0.29) is 19.6 Å². The third-order valence-corrected chi connectivity index (χ3v) is 4.86. The maximum absolute atomic E-state index is 11.7. The first-order valence-corrected chi connectivity index (χ1v) is 7.78. The highest BCUT2D eigenvalue weighted by Crippen LogP contribution is 2.40. The number of nitro groups is 1. The zero-order valence-electron chi connectivity index (χ0n) is 11.6. The topological polar surface area (TPSA) is 78.7 Å². The minimum absolute atomic E-state index is 0.0831. The Labute approximate surface area is 139 Å². The van der Waals surface area contributed by atoms with E-state index in [1.54, 1.807) is 19.1 Å². The highest BCUT2D eigenvalue weighted by atomic mass is 79.9. The number of benzene rings is 1. The molecule has 0 aliphatic heterocycles. The fraction of sp³-hybridized carbons (Fsp3) is 0.462. The lowest BCUT2D eigenvalue weighted by Crippen LogP contribution is -2.19. The van der Waals surface area contributed by atoms with E-state index in [1.807, 2.05) is 0 Å². The second-order valence-electron chi connectivity index (χ2n) is 4.20. The summed E-state index contributed by atoms with van der Waals surface area (Å²) in [6.07, 6.45) is -0.0831. The van der Waals surface area contributed by atoms with Gasteiger partial charge in [-0.1, -0.05) is 0 Å². The van der Waals surface area contributed by atoms with Gasteiger partial charge in [0.25, 0.3) is 0 Å². The van der Waals surface area contributed by atoms with E-state index < -0.39 is 16.8 Å². The van der Waals surface area contributed by atoms with Crippen LogP contribution in [-0.4, -0.2) is 31.2 Å². The number of hydrogen-bond donors (Lipinski definition) is 0. The Morgan fingerprint density at radius 2 is 2.10 bits per heavy atom. The number of halogens is 2. The van der Waals surface area contributed by atoms with Gasteiger partial charge in [0.1, 0.15) is 5.75 Å². The number of methoxy groups -OCH3 is 1. The third kappa shape index (κ3) is 4.96. The van der Waals surface area contributed by atoms with Crippen LogP contribution in [0.4, 0.5) is 0 Å². The van der Waals surface area contributed by atoms with Gasteiger partial charge in [-0.2, -0.15) is 0 Å². The van der Waals surface area contributed by atoms with Gasteiger partial charge in [0.2, 0.25) is 6.54 Å². The molecule has 0 aromatic heterocycles. The number of hydrogen-bond acceptors (Lipinski definition) is 5. The number of carbonyl (C=O) groups excluding carboxylic acids is 1. The number of ether oxygens (including phenoxy) is 2. The average molecular weight is 425 g/mol. The van der Waals surface area contributed by atoms with E-state index in [4.69, 9.17) is 9.47 Å². The second-order valence-corrected chi connectivity index (χ2v) is 5.85. The molecule has 0 aliphatic carbocycles. The van der Waals surface area contributed by atoms with Crippen LogP contribution < -0.4 is 4.74 Å². The maximum atomic E-state index is 11.7. The van der Waals surface area contributed by atoms with Crippen molar-refractivity contribution >= 4 is 37.8 Å². The molecule has 0 fully saturated rings. The molecule has 0 saturated carbocycles. The maximum Gasteiger partial charge on any atom is 0.306 e. The molecule has 116 valence electrons. The van der Waals surface area contributed by atoms with Crippen molar-refractivity contribution < 1.29 is 19.2 Å². The third-order valence-electron chi connectivity index (χ3n) is 2.81. The molecule has 6 nitrogen and oxygen atoms in total. The Morgan fingerprint density at radius 1 is 1.43 bits per heavy atom. The highest BCUT2D eigenvalue weighted by molar-refractivity contribution is 9.13. The summed E-state index contributed by atoms with van der Waals surface area (Å²) in [5.41, 5.74) is 0.580. The number of nitrogens with zero attached hydrogens (tertiary/aromatic N) is 1. The minimum atomic E-state index is -0.638. The summed E-state index contributed by atoms with van der Waals surface area (Å²) in [6.45, 7) is 1.54. The van der Waals surface area contributed by atoms with Gasteiger partial charge in [0.15, 0.2) is 0 Å². The van der Waals surface area contributed by atoms with Crippen molar-refractivity contribution in [2.45, 2.75) is 19.3 Å². The molecular formula is C13H15Br2NO5. The fourth-order valence-electron chi connectivity index (χ4n) is 1.97. The number of rotatable bonds is 7. The quantitative estimate of drug-likeness (QED) is 0.380. The summed E-state index contributed by atoms with van der Waals surface area (Å²) in [4.78, 5) is 22.1. The van der Waals surface area contributed by atoms with Crippen LogP contribution >= 0.6 is 31.9 Å². The van der Waals surface area contributed by atoms with Crippen LogP contribution in [0.5, 0.6) is 5.75 Å². The molecule has 0 aliphatic rings. The predicted molar refractivity (Wildman–Crippen MR) is 84.2 cm³/mol. The van der Waals surface area contributed by atoms with E-state index in [0.29, 0.717) is 15.8 Å². The number of carbonyl (C=O) groups is 1. The zero-order valence-corrected chi connectivity index (χ0v) is 14.8. The molecule has 0 heterocycles. The van der Waals surface area contributed by atoms with Crippen molar-refractivity contribution in [1.82, 2.24) is 0 Å². The standard InChI is InChI=1S/C13H15Br2NO5/c1-3-21-11(17)6-8(7-16(18)19)12-10(20-2)5-4-9(14)13(12)15/h4-5,8H,3,6-7H2,1-2H3. The first-order chi connectivity index (χ1) is 9.90. The Hall–Kier alpha value is -1.15. The zero-order chi connectivity index (χ0) is 16.0. The summed E-state index contributed by atoms with van der Waals surface area (Å²) in [5.74, 6) is -0.625. The van der Waals surface area contributed by atoms with Crippen LogP contribution in [0.1, 0.15) is 24.8 Å². The molecule has 1 aromatic carbocycles. The Morgan fingerprint density at radius 3 is 2.62 bits per heavy atom. The Bertz CT molecular complexity index is 536. The first kappa shape index (κ1) is 17.9. The van der Waals surface area contributed by atoms with Crippen LogP contribution in [0.15, 0.2) is 21.1 Å². The fourth-order valence-corrected chi connectivity index (χ4v) is 2.96. The monoisotopic (exact) mass is 423 g/mol. The van der Waals surface area contributed by atoms with E-state index >= 15 is 0 Å². The normalized spacial score (nSPS) is 11.8. The highest BCUT2D eigenvalue weighted by Gasteiger charge is 2.28. The van der Waals surface area contributed by atoms with Gasteiger partial charge in [-0.25, -0.2) is 0 Å². The molecule has 0 bridgehead atoms. The molecule has 0 spiro atoms. The van der Waals surface area contributed by atoms with Crippen molar-refractivity contribution in [3.8, 4) is 5.75 Å². The van der Waals surface area contributed by atoms with Crippen molar-refractivity contribution in [2.24, 2.45) is 0 Å². The van der Waals surface area contributed by atoms with Gasteiger partial charge in [-0.05, 0) is 50.9 Å². The summed E-state index contributed by atoms with van der Waals surface area (Å²) in [6, 6.07) is 3.46. The van der Waals surface area contributed by atoms with Crippen LogP contribution in [-0.2, 0) is 9.53 Å². The molecule has 8 heteroatoms. The largest absolute Gasteiger partial charge is 0.496 e. The van der Waals surface area contributed by atoms with E-state index in [9.17, 15) is 14.9 Å². The lowest BCUT2D eigenvalue weighted by atomic mass is 9.95. The Kier molecular flexibility index (Phi) is 7.10. The predicted octanol–water partition coefficient (Wildman–Crippen LogP) is 3.53. The lowest BCUT2D eigenvalue weighted by molar-refractivity contribution is -0.483. The molecule has 1 atom stereocenters. The molecule has 0 amide bonds. The van der Waals surface area contributed by atoms with Crippen molar-refractivity contribution in [2.75, 3.05) is 20.3 Å². The van der Waals surface area contributed by atoms with Crippen LogP contribution in [0.25, 0.3) is 0 Å². The van der Waals surface area contributed by atoms with Gasteiger partial charge in [-0.15, -0.1) is 0 Å². The van der Waals surface area contributed by atoms with Crippen molar-refractivity contribution in [1.29, 1.82) is 0 Å². The van der Waals surface area contributed by atoms with Crippen molar-refractivity contribution in [3.63, 3.8) is 0 Å². The van der Waals surface area contributed by atoms with Gasteiger partial charge < -0.3 is 9.47 Å². The molecular weight excluding hydrogens is 410 g/mol. The smallest absolute Gasteiger partial charge is 0.306 e. The molecule has 1 unspecified atom stereocenters. The molecule has 21 heavy (non-hydrogen) atoms. The molecule has 0 N–H and O–H groups in total. The average Bonchev–Trinajstić information content (AvgIpc) is 2.40. The van der Waals surface area contributed by atoms with Crippen LogP contribution in [0.3, 0.4) is 0 Å². The molecule has 1 rings (SSSR count). The molecule has 1 aromatic rings. The van der Waals surface area contributed by atoms with Gasteiger partial charge in [-0.3, -0.25) is 14.9 Å². The number of esters is 1. The van der Waals surface area contributed by atoms with Crippen LogP contribution in [0.2, 0.25) is 0 Å². The van der Waals surface area contributed by atoms with Gasteiger partial charge >= 0.3 is 5.97 Å². The Balaban J connectivity index is 3.21. The lowest BCUT2D eigenvalue weighted by Gasteiger charge is -2.18. The van der Waals surface area contributed by atoms with E-state index in [1.165, 1.54) is 7.11 Å². The van der Waals surface area contributed by atoms with Gasteiger partial charge in [0.05, 0.1) is 26.1 Å². The minimum Gasteiger partial charge on any atom is -0.496 e. The summed E-state index contributed by atoms with van der Waals surface area (Å²) in [5, 5.41) is 10.9. The van der Waals surface area contributed by atoms with E-state index in [2.05, 4.69) is 31.9 Å². The second kappa shape index (κ2) is 8.33. The summed E-state index contributed by atoms with van der Waals surface area (Å²) in [7, 11) is 1.48. The van der Waals surface area contributed by atoms with Crippen LogP contribution in [0, 0.1) is 10.1 Å². The molecule has 0 saturated heterocycles. The molecule has 0 radical (unpaired) electrons. The summed E-state index contributed by atoms with van der Waals surface area (Å²) >= 11 is 6.74.